The number of aromatic carboxylic acids is 1. The molecule has 1 aromatic heterocycles. The van der Waals surface area contributed by atoms with Crippen LogP contribution in [0.25, 0.3) is 0 Å². The van der Waals surface area contributed by atoms with Crippen LogP contribution in [0, 0.1) is 5.38 Å². The van der Waals surface area contributed by atoms with Crippen molar-refractivity contribution < 1.29 is 28.8 Å². The van der Waals surface area contributed by atoms with Crippen LogP contribution in [0.15, 0.2) is 12.1 Å². The van der Waals surface area contributed by atoms with E-state index in [9.17, 15) is 9.90 Å². The van der Waals surface area contributed by atoms with Gasteiger partial charge in [-0.3, -0.25) is 0 Å². The maximum atomic E-state index is 9.94. The first-order valence-corrected chi connectivity index (χ1v) is 2.79. The van der Waals surface area contributed by atoms with Crippen LogP contribution in [-0.4, -0.2) is 24.8 Å². The fraction of sp³-hybridized carbons (Fsp3) is 0. The van der Waals surface area contributed by atoms with Crippen LogP contribution in [0.5, 0.6) is 0 Å². The molecule has 0 saturated carbocycles. The van der Waals surface area contributed by atoms with E-state index in [1.807, 2.05) is 0 Å². The van der Waals surface area contributed by atoms with Crippen molar-refractivity contribution in [3.05, 3.63) is 22.4 Å². The van der Waals surface area contributed by atoms with E-state index in [1.54, 1.807) is 6.07 Å². The van der Waals surface area contributed by atoms with E-state index in [2.05, 4.69) is 5.38 Å². The maximum Gasteiger partial charge on any atom is 1.00 e. The zero-order chi connectivity index (χ0) is 5.98. The molecule has 1 rings (SSSR count). The van der Waals surface area contributed by atoms with E-state index in [4.69, 9.17) is 0 Å². The number of carboxylic acid groups (broad SMARTS) is 1. The summed E-state index contributed by atoms with van der Waals surface area (Å²) in [6, 6.07) is 3.01. The third-order valence-corrected chi connectivity index (χ3v) is 1.45. The van der Waals surface area contributed by atoms with Gasteiger partial charge in [-0.05, 0) is 12.1 Å². The van der Waals surface area contributed by atoms with Gasteiger partial charge in [0.1, 0.15) is 0 Å². The van der Waals surface area contributed by atoms with Crippen molar-refractivity contribution in [3.63, 3.8) is 0 Å². The predicted molar refractivity (Wildman–Crippen MR) is 33.2 cm³/mol. The average Bonchev–Trinajstić information content (AvgIpc) is 2.12. The number of rotatable bonds is 1. The zero-order valence-corrected chi connectivity index (χ0v) is 6.70. The summed E-state index contributed by atoms with van der Waals surface area (Å²) in [7, 11) is 0. The number of carbonyl (C=O) groups excluding carboxylic acids is 1. The van der Waals surface area contributed by atoms with E-state index in [0.29, 0.717) is 0 Å². The molecule has 5 heteroatoms. The van der Waals surface area contributed by atoms with Crippen LogP contribution in [-0.2, 0) is 0 Å². The first-order chi connectivity index (χ1) is 3.80. The second kappa shape index (κ2) is 6.10. The summed E-state index contributed by atoms with van der Waals surface area (Å²) in [6.07, 6.45) is 0. The van der Waals surface area contributed by atoms with E-state index in [0.717, 1.165) is 11.3 Å². The zero-order valence-electron chi connectivity index (χ0n) is 5.88. The molecule has 0 bridgehead atoms. The van der Waals surface area contributed by atoms with Crippen LogP contribution < -0.4 is 24.0 Å². The summed E-state index contributed by atoms with van der Waals surface area (Å²) >= 11 is 1.04. The van der Waals surface area contributed by atoms with E-state index < -0.39 is 5.97 Å². The Morgan fingerprint density at radius 1 is 1.70 bits per heavy atom. The summed E-state index contributed by atoms with van der Waals surface area (Å²) < 4.78 is 0. The Morgan fingerprint density at radius 2 is 2.30 bits per heavy atom. The first kappa shape index (κ1) is 13.0. The Morgan fingerprint density at radius 3 is 2.50 bits per heavy atom. The fourth-order valence-electron chi connectivity index (χ4n) is 0.351. The van der Waals surface area contributed by atoms with E-state index >= 15 is 0 Å². The van der Waals surface area contributed by atoms with Gasteiger partial charge in [-0.1, -0.05) is 0 Å². The topological polar surface area (TPSA) is 40.1 Å². The molecule has 0 aliphatic carbocycles. The van der Waals surface area contributed by atoms with Gasteiger partial charge in [-0.25, -0.2) is 0 Å². The minimum atomic E-state index is -1.13. The van der Waals surface area contributed by atoms with Crippen LogP contribution in [0.1, 0.15) is 9.67 Å². The summed E-state index contributed by atoms with van der Waals surface area (Å²) in [6.45, 7) is 0. The molecule has 2 radical (unpaired) electrons. The van der Waals surface area contributed by atoms with Crippen molar-refractivity contribution in [3.8, 4) is 0 Å². The van der Waals surface area contributed by atoms with Gasteiger partial charge >= 0.3 is 18.9 Å². The summed E-state index contributed by atoms with van der Waals surface area (Å²) in [4.78, 5) is 10.2. The number of carbonyl (C=O) groups is 1. The third kappa shape index (κ3) is 3.51. The second-order valence-electron chi connectivity index (χ2n) is 1.20. The molecule has 0 unspecified atom stereocenters. The van der Waals surface area contributed by atoms with Gasteiger partial charge in [0, 0.05) is 24.2 Å². The number of carboxylic acids is 1. The second-order valence-corrected chi connectivity index (χ2v) is 2.08. The molecule has 1 aromatic rings. The molecule has 0 aliphatic rings. The van der Waals surface area contributed by atoms with Crippen LogP contribution in [0.2, 0.25) is 0 Å². The molecule has 1 heterocycles. The summed E-state index contributed by atoms with van der Waals surface area (Å²) in [5.74, 6) is -1.13. The van der Waals surface area contributed by atoms with Crippen LogP contribution >= 0.6 is 11.3 Å². The molecule has 0 spiro atoms. The first-order valence-electron chi connectivity index (χ1n) is 1.98. The van der Waals surface area contributed by atoms with Crippen molar-refractivity contribution >= 4 is 36.2 Å². The number of hydrogen-bond donors (Lipinski definition) is 0. The van der Waals surface area contributed by atoms with Crippen molar-refractivity contribution in [2.75, 3.05) is 0 Å². The van der Waals surface area contributed by atoms with Gasteiger partial charge in [-0.2, -0.15) is 0 Å². The molecule has 0 aromatic carbocycles. The fourth-order valence-corrected chi connectivity index (χ4v) is 0.833. The molecule has 0 aliphatic heterocycles. The predicted octanol–water partition coefficient (Wildman–Crippen LogP) is -3.47. The molecular weight excluding hydrogens is 138 g/mol. The van der Waals surface area contributed by atoms with Gasteiger partial charge in [0.15, 0.2) is 0 Å². The van der Waals surface area contributed by atoms with Gasteiger partial charge in [-0.15, -0.1) is 11.3 Å². The molecule has 42 valence electrons. The van der Waals surface area contributed by atoms with Crippen molar-refractivity contribution in [1.82, 2.24) is 0 Å². The Hall–Kier alpha value is 0.365. The van der Waals surface area contributed by atoms with Crippen LogP contribution in [0.3, 0.4) is 0 Å². The van der Waals surface area contributed by atoms with Gasteiger partial charge in [0.25, 0.3) is 0 Å². The minimum absolute atomic E-state index is 0. The SMILES string of the molecule is O=C([O-])c1cc[c]s1.[Li+].[Li]. The maximum absolute atomic E-state index is 9.94. The monoisotopic (exact) mass is 140 g/mol. The number of hydrogen-bond acceptors (Lipinski definition) is 3. The summed E-state index contributed by atoms with van der Waals surface area (Å²) in [5.41, 5.74) is 0. The Kier molecular flexibility index (Phi) is 7.92. The van der Waals surface area contributed by atoms with E-state index in [1.165, 1.54) is 6.07 Å². The van der Waals surface area contributed by atoms with Crippen molar-refractivity contribution in [1.29, 1.82) is 0 Å². The Bertz CT molecular complexity index is 186. The molecule has 0 atom stereocenters. The Balaban J connectivity index is 0. The van der Waals surface area contributed by atoms with Crippen molar-refractivity contribution in [2.24, 2.45) is 0 Å². The van der Waals surface area contributed by atoms with Gasteiger partial charge < -0.3 is 9.90 Å². The largest absolute Gasteiger partial charge is 1.00 e. The smallest absolute Gasteiger partial charge is 0.544 e. The molecule has 2 nitrogen and oxygen atoms in total. The molecule has 0 saturated heterocycles. The quantitative estimate of drug-likeness (QED) is 0.380. The van der Waals surface area contributed by atoms with E-state index in [-0.39, 0.29) is 42.6 Å². The van der Waals surface area contributed by atoms with Crippen LogP contribution in [0.4, 0.5) is 0 Å². The third-order valence-electron chi connectivity index (χ3n) is 0.673. The van der Waals surface area contributed by atoms with Gasteiger partial charge in [0.05, 0.1) is 10.8 Å². The molecule has 0 N–H and O–H groups in total. The molecule has 10 heavy (non-hydrogen) atoms. The summed E-state index contributed by atoms with van der Waals surface area (Å²) in [5, 5.41) is 12.6. The van der Waals surface area contributed by atoms with Crippen molar-refractivity contribution in [2.45, 2.75) is 0 Å². The molecule has 0 amide bonds. The molecule has 0 fully saturated rings. The number of thiophene rings is 1. The van der Waals surface area contributed by atoms with Gasteiger partial charge in [0.2, 0.25) is 0 Å². The molecular formula is C5H2Li2O2S. The normalized spacial score (nSPS) is 7.20. The average molecular weight is 140 g/mol. The standard InChI is InChI=1S/C5H3O2S.2Li/c6-5(7)4-2-1-3-8-4;;/h1-2H,(H,6,7);;/q;;+1/p-1. The Labute approximate surface area is 87.0 Å². The minimum Gasteiger partial charge on any atom is -0.544 e.